The lowest BCUT2D eigenvalue weighted by molar-refractivity contribution is 0.669. The van der Waals surface area contributed by atoms with Crippen LogP contribution in [0.4, 0.5) is 34.1 Å². The van der Waals surface area contributed by atoms with Gasteiger partial charge in [0.05, 0.1) is 11.4 Å². The molecule has 0 aliphatic heterocycles. The molecule has 0 aliphatic carbocycles. The molecule has 0 saturated carbocycles. The third-order valence-corrected chi connectivity index (χ3v) is 27.2. The van der Waals surface area contributed by atoms with Crippen molar-refractivity contribution in [3.8, 4) is 100 Å². The maximum Gasteiger partial charge on any atom is 0.143 e. The molecule has 4 nitrogen and oxygen atoms in total. The molecule has 4 heterocycles. The third kappa shape index (κ3) is 11.9. The Kier molecular flexibility index (Phi) is 17.0. The Labute approximate surface area is 712 Å². The first-order valence-corrected chi connectivity index (χ1v) is 43.2. The highest BCUT2D eigenvalue weighted by Crippen LogP contribution is 2.52. The van der Waals surface area contributed by atoms with Gasteiger partial charge in [-0.05, 0) is 179 Å². The molecule has 24 rings (SSSR count). The van der Waals surface area contributed by atoms with Crippen LogP contribution in [0.3, 0.4) is 0 Å². The normalized spacial score (nSPS) is 11.8. The fourth-order valence-electron chi connectivity index (χ4n) is 19.0. The molecule has 20 aromatic carbocycles. The van der Waals surface area contributed by atoms with Gasteiger partial charge < -0.3 is 18.6 Å². The zero-order chi connectivity index (χ0) is 80.3. The van der Waals surface area contributed by atoms with E-state index in [-0.39, 0.29) is 0 Å². The molecule has 4 aromatic heterocycles. The highest BCUT2D eigenvalue weighted by molar-refractivity contribution is 7.26. The van der Waals surface area contributed by atoms with E-state index in [4.69, 9.17) is 8.83 Å². The molecule has 570 valence electrons. The van der Waals surface area contributed by atoms with Crippen LogP contribution in [0.1, 0.15) is 0 Å². The predicted octanol–water partition coefficient (Wildman–Crippen LogP) is 34.5. The van der Waals surface area contributed by atoms with Crippen molar-refractivity contribution in [2.24, 2.45) is 0 Å². The van der Waals surface area contributed by atoms with Crippen LogP contribution in [0.2, 0.25) is 0 Å². The fraction of sp³-hybridized carbons (Fsp3) is 0. The Morgan fingerprint density at radius 2 is 0.533 bits per heavy atom. The number of benzene rings is 20. The van der Waals surface area contributed by atoms with Crippen LogP contribution < -0.4 is 9.80 Å². The van der Waals surface area contributed by atoms with Gasteiger partial charge in [-0.15, -0.1) is 22.7 Å². The Bertz CT molecular complexity index is 8250. The second kappa shape index (κ2) is 29.3. The Morgan fingerprint density at radius 1 is 0.180 bits per heavy atom. The Balaban J connectivity index is 0.569. The average molecular weight is 1590 g/mol. The maximum atomic E-state index is 7.12. The van der Waals surface area contributed by atoms with E-state index in [0.29, 0.717) is 0 Å². The first-order valence-electron chi connectivity index (χ1n) is 41.6. The van der Waals surface area contributed by atoms with E-state index in [1.807, 2.05) is 28.7 Å². The van der Waals surface area contributed by atoms with E-state index in [2.05, 4.69) is 441 Å². The van der Waals surface area contributed by atoms with Gasteiger partial charge in [0.2, 0.25) is 0 Å². The van der Waals surface area contributed by atoms with Crippen molar-refractivity contribution in [3.05, 3.63) is 437 Å². The SMILES string of the molecule is c1cc(-c2ccc(-c3cccc4c(-c5ccc(-c6ccc(N(c7ccc(-c8ccc(-c9cccc%10ccccc9%10)cc8)cc7)c7ccccc7-c7cccc8c7sc7ccccc78)cc6)c6oc7ccccc7c56)cccc34)cc2)cc(N(c2ccc(-c3cccc4c3oc3ccccc34)cc2)c2ccccc2-c2cccc3c2sc2ccccc23)c1. The minimum atomic E-state index is 0.848. The number of anilines is 6. The van der Waals surface area contributed by atoms with Crippen LogP contribution in [0.25, 0.3) is 206 Å². The molecule has 0 radical (unpaired) electrons. The maximum absolute atomic E-state index is 7.12. The second-order valence-electron chi connectivity index (χ2n) is 31.6. The summed E-state index contributed by atoms with van der Waals surface area (Å²) in [7, 11) is 0. The zero-order valence-corrected chi connectivity index (χ0v) is 67.7. The molecular weight excluding hydrogens is 1520 g/mol. The Hall–Kier alpha value is -15.4. The van der Waals surface area contributed by atoms with E-state index >= 15 is 0 Å². The summed E-state index contributed by atoms with van der Waals surface area (Å²) in [5.41, 5.74) is 30.4. The van der Waals surface area contributed by atoms with E-state index in [0.717, 1.165) is 150 Å². The van der Waals surface area contributed by atoms with Gasteiger partial charge in [0.25, 0.3) is 0 Å². The topological polar surface area (TPSA) is 32.8 Å². The summed E-state index contributed by atoms with van der Waals surface area (Å²) < 4.78 is 18.8. The zero-order valence-electron chi connectivity index (χ0n) is 66.1. The summed E-state index contributed by atoms with van der Waals surface area (Å²) in [6.07, 6.45) is 0. The lowest BCUT2D eigenvalue weighted by atomic mass is 9.89. The molecule has 6 heteroatoms. The highest BCUT2D eigenvalue weighted by atomic mass is 32.1. The molecule has 0 fully saturated rings. The van der Waals surface area contributed by atoms with Crippen LogP contribution in [0, 0.1) is 0 Å². The van der Waals surface area contributed by atoms with E-state index < -0.39 is 0 Å². The fourth-order valence-corrected chi connectivity index (χ4v) is 21.4. The molecule has 0 bridgehead atoms. The van der Waals surface area contributed by atoms with Crippen molar-refractivity contribution in [2.75, 3.05) is 9.80 Å². The minimum Gasteiger partial charge on any atom is -0.455 e. The van der Waals surface area contributed by atoms with Gasteiger partial charge in [0, 0.05) is 118 Å². The standard InChI is InChI=1S/C116H72N2O2S2/c1-2-26-86-76(22-1)23-16-33-87(86)77-54-50-73(51-55-77)74-58-64-82(65-59-74)117(106-44-9-3-27-94(106)101-40-20-42-103-97-30-7-13-48-110(97)121-115(101)103)83-66-62-80(63-67-83)90-70-71-99(112-105-32-6-12-47-109(105)120-114(90)112)93-38-19-36-91-88(34-17-37-92(91)93)78-56-52-75(53-57-78)81-24-15-25-85(72-81)118(84-68-60-79(61-69-84)89-35-18-39-100-96-29-5-11-46-108(96)119-113(89)100)107-45-10-4-28-95(107)102-41-21-43-104-98-31-8-14-49-111(98)122-116(102)104/h1-72H. The number of furan rings is 2. The molecule has 0 N–H and O–H groups in total. The summed E-state index contributed by atoms with van der Waals surface area (Å²) in [5, 5.41) is 14.3. The number of thiophene rings is 2. The van der Waals surface area contributed by atoms with Crippen molar-refractivity contribution < 1.29 is 8.83 Å². The molecular formula is C116H72N2O2S2. The van der Waals surface area contributed by atoms with Gasteiger partial charge in [-0.2, -0.15) is 0 Å². The van der Waals surface area contributed by atoms with E-state index in [1.54, 1.807) is 0 Å². The molecule has 0 unspecified atom stereocenters. The molecule has 122 heavy (non-hydrogen) atoms. The molecule has 0 spiro atoms. The largest absolute Gasteiger partial charge is 0.455 e. The number of nitrogens with zero attached hydrogens (tertiary/aromatic N) is 2. The second-order valence-corrected chi connectivity index (χ2v) is 33.7. The van der Waals surface area contributed by atoms with Crippen LogP contribution in [-0.2, 0) is 0 Å². The molecule has 24 aromatic rings. The van der Waals surface area contributed by atoms with E-state index in [9.17, 15) is 0 Å². The van der Waals surface area contributed by atoms with Crippen molar-refractivity contribution in [2.45, 2.75) is 0 Å². The highest BCUT2D eigenvalue weighted by Gasteiger charge is 2.26. The van der Waals surface area contributed by atoms with Crippen LogP contribution >= 0.6 is 22.7 Å². The summed E-state index contributed by atoms with van der Waals surface area (Å²) in [5.74, 6) is 0. The first kappa shape index (κ1) is 70.7. The lowest BCUT2D eigenvalue weighted by Gasteiger charge is -2.28. The van der Waals surface area contributed by atoms with Crippen molar-refractivity contribution in [3.63, 3.8) is 0 Å². The van der Waals surface area contributed by atoms with Crippen molar-refractivity contribution >= 4 is 163 Å². The first-order chi connectivity index (χ1) is 60.5. The van der Waals surface area contributed by atoms with Crippen molar-refractivity contribution in [1.29, 1.82) is 0 Å². The van der Waals surface area contributed by atoms with Crippen LogP contribution in [0.5, 0.6) is 0 Å². The van der Waals surface area contributed by atoms with Gasteiger partial charge in [0.15, 0.2) is 0 Å². The van der Waals surface area contributed by atoms with Gasteiger partial charge in [-0.1, -0.05) is 346 Å². The Morgan fingerprint density at radius 3 is 1.13 bits per heavy atom. The minimum absolute atomic E-state index is 0.848. The smallest absolute Gasteiger partial charge is 0.143 e. The van der Waals surface area contributed by atoms with Crippen LogP contribution in [0.15, 0.2) is 446 Å². The van der Waals surface area contributed by atoms with Gasteiger partial charge in [0.1, 0.15) is 22.3 Å². The number of hydrogen-bond acceptors (Lipinski definition) is 6. The average Bonchev–Trinajstić information content (AvgIpc) is 1.50. The van der Waals surface area contributed by atoms with Gasteiger partial charge in [-0.25, -0.2) is 0 Å². The number of fused-ring (bicyclic) bond motifs is 14. The number of para-hydroxylation sites is 5. The molecule has 0 amide bonds. The summed E-state index contributed by atoms with van der Waals surface area (Å²) in [6.45, 7) is 0. The predicted molar refractivity (Wildman–Crippen MR) is 520 cm³/mol. The third-order valence-electron chi connectivity index (χ3n) is 24.8. The molecule has 0 atom stereocenters. The van der Waals surface area contributed by atoms with Crippen molar-refractivity contribution in [1.82, 2.24) is 0 Å². The summed E-state index contributed by atoms with van der Waals surface area (Å²) in [6, 6.07) is 160. The quantitative estimate of drug-likeness (QED) is 0.102. The van der Waals surface area contributed by atoms with E-state index in [1.165, 1.54) is 89.7 Å². The van der Waals surface area contributed by atoms with Gasteiger partial charge in [-0.3, -0.25) is 0 Å². The molecule has 0 aliphatic rings. The number of hydrogen-bond donors (Lipinski definition) is 0. The summed E-state index contributed by atoms with van der Waals surface area (Å²) >= 11 is 3.73. The van der Waals surface area contributed by atoms with Crippen LogP contribution in [-0.4, -0.2) is 0 Å². The monoisotopic (exact) mass is 1590 g/mol. The summed E-state index contributed by atoms with van der Waals surface area (Å²) in [4.78, 5) is 4.86. The lowest BCUT2D eigenvalue weighted by Crippen LogP contribution is -2.11. The van der Waals surface area contributed by atoms with Gasteiger partial charge >= 0.3 is 0 Å². The number of rotatable bonds is 15. The molecule has 0 saturated heterocycles.